The second-order valence-electron chi connectivity index (χ2n) is 5.77. The number of aromatic amines is 1. The average Bonchev–Trinajstić information content (AvgIpc) is 2.93. The molecule has 0 radical (unpaired) electrons. The van der Waals surface area contributed by atoms with Gasteiger partial charge in [0.05, 0.1) is 17.5 Å². The fourth-order valence-electron chi connectivity index (χ4n) is 1.94. The van der Waals surface area contributed by atoms with Crippen molar-refractivity contribution < 1.29 is 0 Å². The topological polar surface area (TPSA) is 66.5 Å². The van der Waals surface area contributed by atoms with E-state index in [-0.39, 0.29) is 5.54 Å². The minimum atomic E-state index is -0.00380. The summed E-state index contributed by atoms with van der Waals surface area (Å²) in [7, 11) is 0. The predicted octanol–water partition coefficient (Wildman–Crippen LogP) is 3.22. The first-order valence-electron chi connectivity index (χ1n) is 6.54. The van der Waals surface area contributed by atoms with E-state index < -0.39 is 0 Å². The molecule has 0 aliphatic heterocycles. The summed E-state index contributed by atoms with van der Waals surface area (Å²) in [5.41, 5.74) is 2.02. The molecule has 20 heavy (non-hydrogen) atoms. The first kappa shape index (κ1) is 13.1. The third-order valence-corrected chi connectivity index (χ3v) is 3.38. The van der Waals surface area contributed by atoms with Crippen LogP contribution in [0.1, 0.15) is 32.4 Å². The summed E-state index contributed by atoms with van der Waals surface area (Å²) in [4.78, 5) is 12.3. The van der Waals surface area contributed by atoms with Crippen molar-refractivity contribution in [3.05, 3.63) is 35.9 Å². The molecule has 0 fully saturated rings. The van der Waals surface area contributed by atoms with Crippen LogP contribution in [0.2, 0.25) is 0 Å². The van der Waals surface area contributed by atoms with E-state index in [9.17, 15) is 0 Å². The number of fused-ring (bicyclic) bond motifs is 1. The molecule has 0 bridgehead atoms. The van der Waals surface area contributed by atoms with Gasteiger partial charge in [0.25, 0.3) is 0 Å². The molecule has 5 nitrogen and oxygen atoms in total. The van der Waals surface area contributed by atoms with Crippen LogP contribution in [0.3, 0.4) is 0 Å². The van der Waals surface area contributed by atoms with Crippen LogP contribution < -0.4 is 5.32 Å². The van der Waals surface area contributed by atoms with Gasteiger partial charge in [-0.1, -0.05) is 12.1 Å². The molecule has 6 heteroatoms. The third kappa shape index (κ3) is 2.96. The van der Waals surface area contributed by atoms with E-state index in [1.165, 1.54) is 11.5 Å². The number of benzene rings is 1. The molecule has 2 heterocycles. The van der Waals surface area contributed by atoms with Gasteiger partial charge in [-0.3, -0.25) is 0 Å². The van der Waals surface area contributed by atoms with Gasteiger partial charge in [0, 0.05) is 17.1 Å². The van der Waals surface area contributed by atoms with Crippen LogP contribution in [0.15, 0.2) is 24.3 Å². The number of nitrogens with zero attached hydrogens (tertiary/aromatic N) is 3. The second-order valence-corrected chi connectivity index (χ2v) is 6.52. The van der Waals surface area contributed by atoms with Gasteiger partial charge < -0.3 is 10.3 Å². The molecular weight excluding hydrogens is 270 g/mol. The van der Waals surface area contributed by atoms with E-state index >= 15 is 0 Å². The van der Waals surface area contributed by atoms with Crippen molar-refractivity contribution in [2.45, 2.75) is 32.7 Å². The Morgan fingerprint density at radius 2 is 2.00 bits per heavy atom. The molecule has 3 rings (SSSR count). The van der Waals surface area contributed by atoms with Crippen molar-refractivity contribution in [2.24, 2.45) is 0 Å². The van der Waals surface area contributed by atoms with E-state index in [0.29, 0.717) is 6.42 Å². The van der Waals surface area contributed by atoms with Crippen LogP contribution in [0.25, 0.3) is 11.0 Å². The Balaban J connectivity index is 1.77. The largest absolute Gasteiger partial charge is 0.356 e. The molecule has 0 saturated carbocycles. The molecule has 0 amide bonds. The minimum Gasteiger partial charge on any atom is -0.356 e. The lowest BCUT2D eigenvalue weighted by atomic mass is 10.1. The minimum absolute atomic E-state index is 0.00380. The quantitative estimate of drug-likeness (QED) is 0.776. The lowest BCUT2D eigenvalue weighted by Crippen LogP contribution is -2.25. The molecule has 0 spiro atoms. The van der Waals surface area contributed by atoms with Crippen LogP contribution in [-0.4, -0.2) is 24.9 Å². The fourth-order valence-corrected chi connectivity index (χ4v) is 2.73. The summed E-state index contributed by atoms with van der Waals surface area (Å²) in [6.07, 6.45) is 0.622. The third-order valence-electron chi connectivity index (χ3n) is 2.71. The number of para-hydroxylation sites is 2. The summed E-state index contributed by atoms with van der Waals surface area (Å²) < 4.78 is 4.37. The number of rotatable bonds is 3. The van der Waals surface area contributed by atoms with Gasteiger partial charge in [-0.25, -0.2) is 9.97 Å². The number of nitrogens with one attached hydrogen (secondary N) is 2. The zero-order valence-electron chi connectivity index (χ0n) is 11.8. The molecule has 0 aliphatic carbocycles. The number of imidazole rings is 1. The van der Waals surface area contributed by atoms with Crippen molar-refractivity contribution in [2.75, 3.05) is 5.32 Å². The van der Waals surface area contributed by atoms with E-state index in [1.807, 2.05) is 24.3 Å². The van der Waals surface area contributed by atoms with Crippen LogP contribution in [0, 0.1) is 0 Å². The van der Waals surface area contributed by atoms with Gasteiger partial charge in [0.2, 0.25) is 5.13 Å². The summed E-state index contributed by atoms with van der Waals surface area (Å²) in [5.74, 6) is 1.69. The van der Waals surface area contributed by atoms with Crippen molar-refractivity contribution in [1.82, 2.24) is 19.3 Å². The normalized spacial score (nSPS) is 11.9. The van der Waals surface area contributed by atoms with E-state index in [2.05, 4.69) is 45.4 Å². The first-order valence-corrected chi connectivity index (χ1v) is 7.31. The molecule has 1 aromatic carbocycles. The van der Waals surface area contributed by atoms with Crippen LogP contribution in [0.5, 0.6) is 0 Å². The first-order chi connectivity index (χ1) is 9.49. The van der Waals surface area contributed by atoms with Gasteiger partial charge in [-0.05, 0) is 32.9 Å². The molecule has 2 N–H and O–H groups in total. The fraction of sp³-hybridized carbons (Fsp3) is 0.357. The maximum absolute atomic E-state index is 4.54. The highest BCUT2D eigenvalue weighted by Gasteiger charge is 2.14. The maximum Gasteiger partial charge on any atom is 0.202 e. The number of anilines is 1. The second kappa shape index (κ2) is 4.86. The SMILES string of the molecule is CC(C)(C)Nc1nc(Cc2nc3ccccc3[nH]2)ns1. The summed E-state index contributed by atoms with van der Waals surface area (Å²) in [5, 5.41) is 4.18. The predicted molar refractivity (Wildman–Crippen MR) is 82.2 cm³/mol. The number of hydrogen-bond acceptors (Lipinski definition) is 5. The summed E-state index contributed by atoms with van der Waals surface area (Å²) in [6.45, 7) is 6.31. The van der Waals surface area contributed by atoms with Crippen molar-refractivity contribution in [1.29, 1.82) is 0 Å². The van der Waals surface area contributed by atoms with Gasteiger partial charge >= 0.3 is 0 Å². The average molecular weight is 287 g/mol. The molecule has 0 unspecified atom stereocenters. The van der Waals surface area contributed by atoms with Crippen molar-refractivity contribution in [3.8, 4) is 0 Å². The van der Waals surface area contributed by atoms with Gasteiger partial charge in [-0.15, -0.1) is 0 Å². The Morgan fingerprint density at radius 1 is 1.20 bits per heavy atom. The van der Waals surface area contributed by atoms with E-state index in [4.69, 9.17) is 0 Å². The van der Waals surface area contributed by atoms with Crippen molar-refractivity contribution in [3.63, 3.8) is 0 Å². The zero-order valence-corrected chi connectivity index (χ0v) is 12.6. The maximum atomic E-state index is 4.54. The highest BCUT2D eigenvalue weighted by molar-refractivity contribution is 7.09. The molecule has 0 saturated heterocycles. The van der Waals surface area contributed by atoms with Crippen molar-refractivity contribution >= 4 is 27.7 Å². The molecule has 0 atom stereocenters. The Morgan fingerprint density at radius 3 is 2.75 bits per heavy atom. The molecule has 0 aliphatic rings. The molecule has 3 aromatic rings. The Kier molecular flexibility index (Phi) is 3.17. The zero-order chi connectivity index (χ0) is 14.2. The van der Waals surface area contributed by atoms with Gasteiger partial charge in [0.15, 0.2) is 5.82 Å². The van der Waals surface area contributed by atoms with Crippen LogP contribution in [-0.2, 0) is 6.42 Å². The smallest absolute Gasteiger partial charge is 0.202 e. The van der Waals surface area contributed by atoms with Crippen LogP contribution >= 0.6 is 11.5 Å². The molecule has 104 valence electrons. The van der Waals surface area contributed by atoms with Gasteiger partial charge in [-0.2, -0.15) is 4.37 Å². The summed E-state index contributed by atoms with van der Waals surface area (Å²) in [6, 6.07) is 8.00. The lowest BCUT2D eigenvalue weighted by Gasteiger charge is -2.18. The van der Waals surface area contributed by atoms with E-state index in [0.717, 1.165) is 27.8 Å². The molecular formula is C14H17N5S. The Labute approximate surface area is 121 Å². The van der Waals surface area contributed by atoms with Gasteiger partial charge in [0.1, 0.15) is 5.82 Å². The number of H-pyrrole nitrogens is 1. The van der Waals surface area contributed by atoms with Crippen LogP contribution in [0.4, 0.5) is 5.13 Å². The van der Waals surface area contributed by atoms with E-state index in [1.54, 1.807) is 0 Å². The monoisotopic (exact) mass is 287 g/mol. The Hall–Kier alpha value is -1.95. The Bertz CT molecular complexity index is 689. The number of aromatic nitrogens is 4. The highest BCUT2D eigenvalue weighted by Crippen LogP contribution is 2.18. The summed E-state index contributed by atoms with van der Waals surface area (Å²) >= 11 is 1.39. The number of hydrogen-bond donors (Lipinski definition) is 2. The lowest BCUT2D eigenvalue weighted by molar-refractivity contribution is 0.633. The highest BCUT2D eigenvalue weighted by atomic mass is 32.1. The standard InChI is InChI=1S/C14H17N5S/c1-14(2,3)18-13-17-12(19-20-13)8-11-15-9-6-4-5-7-10(9)16-11/h4-7H,8H2,1-3H3,(H,15,16)(H,17,18,19). The molecule has 2 aromatic heterocycles.